The molecule has 1 fully saturated rings. The SMILES string of the molecule is CCNC(=NCc1cc(Cl)c(Cl)n1C)NCC1CN(C)CCN1C. The lowest BCUT2D eigenvalue weighted by atomic mass is 10.2. The molecule has 1 aromatic rings. The molecule has 0 aliphatic carbocycles. The number of aliphatic imine (C=N–C) groups is 1. The number of hydrogen-bond acceptors (Lipinski definition) is 3. The molecule has 1 saturated heterocycles. The highest BCUT2D eigenvalue weighted by Crippen LogP contribution is 2.25. The lowest BCUT2D eigenvalue weighted by Gasteiger charge is -2.37. The first kappa shape index (κ1) is 19.4. The molecule has 1 atom stereocenters. The van der Waals surface area contributed by atoms with Crippen molar-refractivity contribution in [2.75, 3.05) is 46.8 Å². The summed E-state index contributed by atoms with van der Waals surface area (Å²) in [6.07, 6.45) is 0. The molecule has 1 aliphatic heterocycles. The summed E-state index contributed by atoms with van der Waals surface area (Å²) in [7, 11) is 6.24. The predicted molar refractivity (Wildman–Crippen MR) is 102 cm³/mol. The molecule has 24 heavy (non-hydrogen) atoms. The summed E-state index contributed by atoms with van der Waals surface area (Å²) < 4.78 is 1.86. The third-order valence-corrected chi connectivity index (χ3v) is 5.29. The fraction of sp³-hybridized carbons (Fsp3) is 0.688. The van der Waals surface area contributed by atoms with Crippen LogP contribution in [-0.2, 0) is 13.6 Å². The third-order valence-electron chi connectivity index (χ3n) is 4.44. The molecule has 2 heterocycles. The van der Waals surface area contributed by atoms with Gasteiger partial charge in [0.2, 0.25) is 0 Å². The highest BCUT2D eigenvalue weighted by molar-refractivity contribution is 6.41. The number of nitrogens with zero attached hydrogens (tertiary/aromatic N) is 4. The normalized spacial score (nSPS) is 20.4. The Kier molecular flexibility index (Phi) is 7.22. The maximum Gasteiger partial charge on any atom is 0.191 e. The first-order valence-electron chi connectivity index (χ1n) is 8.33. The van der Waals surface area contributed by atoms with Gasteiger partial charge in [0, 0.05) is 51.5 Å². The maximum atomic E-state index is 6.11. The smallest absolute Gasteiger partial charge is 0.191 e. The van der Waals surface area contributed by atoms with E-state index in [1.54, 1.807) is 0 Å². The van der Waals surface area contributed by atoms with E-state index in [-0.39, 0.29) is 0 Å². The molecule has 6 nitrogen and oxygen atoms in total. The molecular weight excluding hydrogens is 347 g/mol. The van der Waals surface area contributed by atoms with Crippen molar-refractivity contribution in [1.82, 2.24) is 25.0 Å². The highest BCUT2D eigenvalue weighted by Gasteiger charge is 2.22. The van der Waals surface area contributed by atoms with Crippen molar-refractivity contribution in [3.05, 3.63) is 21.9 Å². The summed E-state index contributed by atoms with van der Waals surface area (Å²) in [5, 5.41) is 7.85. The van der Waals surface area contributed by atoms with E-state index in [1.807, 2.05) is 17.7 Å². The van der Waals surface area contributed by atoms with Crippen LogP contribution < -0.4 is 10.6 Å². The van der Waals surface area contributed by atoms with Gasteiger partial charge < -0.3 is 20.1 Å². The number of guanidine groups is 1. The van der Waals surface area contributed by atoms with E-state index in [0.717, 1.165) is 44.4 Å². The van der Waals surface area contributed by atoms with Crippen LogP contribution in [0.25, 0.3) is 0 Å². The number of rotatable bonds is 5. The second-order valence-corrected chi connectivity index (χ2v) is 7.07. The summed E-state index contributed by atoms with van der Waals surface area (Å²) in [4.78, 5) is 9.41. The summed E-state index contributed by atoms with van der Waals surface area (Å²) in [6, 6.07) is 2.34. The molecule has 0 bridgehead atoms. The van der Waals surface area contributed by atoms with E-state index in [2.05, 4.69) is 46.4 Å². The Morgan fingerprint density at radius 2 is 2.00 bits per heavy atom. The van der Waals surface area contributed by atoms with Gasteiger partial charge in [-0.1, -0.05) is 23.2 Å². The summed E-state index contributed by atoms with van der Waals surface area (Å²) in [6.45, 7) is 7.55. The molecule has 1 aliphatic rings. The van der Waals surface area contributed by atoms with E-state index in [9.17, 15) is 0 Å². The largest absolute Gasteiger partial charge is 0.357 e. The second kappa shape index (κ2) is 8.94. The monoisotopic (exact) mass is 374 g/mol. The van der Waals surface area contributed by atoms with Gasteiger partial charge >= 0.3 is 0 Å². The molecular formula is C16H28Cl2N6. The van der Waals surface area contributed by atoms with Crippen LogP contribution in [0.4, 0.5) is 0 Å². The minimum absolute atomic E-state index is 0.478. The molecule has 0 aromatic carbocycles. The van der Waals surface area contributed by atoms with E-state index < -0.39 is 0 Å². The van der Waals surface area contributed by atoms with Crippen LogP contribution in [0.3, 0.4) is 0 Å². The second-order valence-electron chi connectivity index (χ2n) is 6.31. The first-order chi connectivity index (χ1) is 11.4. The number of likely N-dealkylation sites (N-methyl/N-ethyl adjacent to an activating group) is 2. The number of hydrogen-bond donors (Lipinski definition) is 2. The van der Waals surface area contributed by atoms with Gasteiger partial charge in [-0.25, -0.2) is 4.99 Å². The predicted octanol–water partition coefficient (Wildman–Crippen LogP) is 1.63. The molecule has 1 aromatic heterocycles. The van der Waals surface area contributed by atoms with Crippen LogP contribution in [0, 0.1) is 0 Å². The highest BCUT2D eigenvalue weighted by atomic mass is 35.5. The molecule has 2 rings (SSSR count). The zero-order valence-corrected chi connectivity index (χ0v) is 16.5. The molecule has 136 valence electrons. The molecule has 2 N–H and O–H groups in total. The van der Waals surface area contributed by atoms with Gasteiger partial charge in [-0.3, -0.25) is 4.90 Å². The number of halogens is 2. The van der Waals surface area contributed by atoms with Gasteiger partial charge in [-0.05, 0) is 27.1 Å². The average molecular weight is 375 g/mol. The first-order valence-corrected chi connectivity index (χ1v) is 9.08. The Bertz CT molecular complexity index is 571. The molecule has 0 radical (unpaired) electrons. The topological polar surface area (TPSA) is 47.8 Å². The van der Waals surface area contributed by atoms with Crippen LogP contribution in [-0.4, -0.2) is 73.2 Å². The van der Waals surface area contributed by atoms with Gasteiger partial charge in [0.1, 0.15) is 5.15 Å². The average Bonchev–Trinajstić information content (AvgIpc) is 2.80. The van der Waals surface area contributed by atoms with E-state index in [0.29, 0.717) is 22.8 Å². The van der Waals surface area contributed by atoms with Crippen molar-refractivity contribution in [3.63, 3.8) is 0 Å². The van der Waals surface area contributed by atoms with Gasteiger partial charge in [0.25, 0.3) is 0 Å². The van der Waals surface area contributed by atoms with Gasteiger partial charge in [0.05, 0.1) is 11.6 Å². The molecule has 0 spiro atoms. The lowest BCUT2D eigenvalue weighted by molar-refractivity contribution is 0.116. The van der Waals surface area contributed by atoms with Gasteiger partial charge in [0.15, 0.2) is 5.96 Å². The number of nitrogens with one attached hydrogen (secondary N) is 2. The Morgan fingerprint density at radius 3 is 2.62 bits per heavy atom. The Balaban J connectivity index is 1.96. The standard InChI is InChI=1S/C16H28Cl2N6/c1-5-19-16(20-9-12-8-14(17)15(18)24(12)4)21-10-13-11-22(2)6-7-23(13)3/h8,13H,5-7,9-11H2,1-4H3,(H2,19,20,21). The van der Waals surface area contributed by atoms with Crippen LogP contribution in [0.5, 0.6) is 0 Å². The lowest BCUT2D eigenvalue weighted by Crippen LogP contribution is -2.55. The van der Waals surface area contributed by atoms with E-state index >= 15 is 0 Å². The fourth-order valence-corrected chi connectivity index (χ4v) is 3.19. The zero-order valence-electron chi connectivity index (χ0n) is 14.9. The zero-order chi connectivity index (χ0) is 17.7. The van der Waals surface area contributed by atoms with Crippen molar-refractivity contribution in [1.29, 1.82) is 0 Å². The van der Waals surface area contributed by atoms with Gasteiger partial charge in [-0.2, -0.15) is 0 Å². The van der Waals surface area contributed by atoms with Crippen molar-refractivity contribution >= 4 is 29.2 Å². The van der Waals surface area contributed by atoms with Crippen molar-refractivity contribution in [2.24, 2.45) is 12.0 Å². The van der Waals surface area contributed by atoms with Crippen LogP contribution in [0.2, 0.25) is 10.2 Å². The molecule has 0 saturated carbocycles. The van der Waals surface area contributed by atoms with Crippen LogP contribution in [0.15, 0.2) is 11.1 Å². The summed E-state index contributed by atoms with van der Waals surface area (Å²) >= 11 is 12.2. The minimum Gasteiger partial charge on any atom is -0.357 e. The third kappa shape index (κ3) is 5.02. The maximum absolute atomic E-state index is 6.11. The van der Waals surface area contributed by atoms with Crippen LogP contribution >= 0.6 is 23.2 Å². The Labute approximate surface area is 154 Å². The minimum atomic E-state index is 0.478. The van der Waals surface area contributed by atoms with Crippen LogP contribution in [0.1, 0.15) is 12.6 Å². The quantitative estimate of drug-likeness (QED) is 0.607. The van der Waals surface area contributed by atoms with Crippen molar-refractivity contribution in [2.45, 2.75) is 19.5 Å². The molecule has 0 amide bonds. The summed E-state index contributed by atoms with van der Waals surface area (Å²) in [5.74, 6) is 0.813. The van der Waals surface area contributed by atoms with E-state index in [4.69, 9.17) is 23.2 Å². The molecule has 1 unspecified atom stereocenters. The van der Waals surface area contributed by atoms with Gasteiger partial charge in [-0.15, -0.1) is 0 Å². The molecule has 8 heteroatoms. The Morgan fingerprint density at radius 1 is 1.25 bits per heavy atom. The number of piperazine rings is 1. The van der Waals surface area contributed by atoms with Crippen molar-refractivity contribution < 1.29 is 0 Å². The summed E-state index contributed by atoms with van der Waals surface area (Å²) in [5.41, 5.74) is 0.983. The number of aromatic nitrogens is 1. The van der Waals surface area contributed by atoms with E-state index in [1.165, 1.54) is 0 Å². The van der Waals surface area contributed by atoms with Crippen molar-refractivity contribution in [3.8, 4) is 0 Å². The Hall–Kier alpha value is -0.950. The fourth-order valence-electron chi connectivity index (χ4n) is 2.78.